The highest BCUT2D eigenvalue weighted by atomic mass is 19.1. The van der Waals surface area contributed by atoms with Gasteiger partial charge in [-0.1, -0.05) is 0 Å². The van der Waals surface area contributed by atoms with Crippen LogP contribution in [0.5, 0.6) is 5.75 Å². The lowest BCUT2D eigenvalue weighted by Crippen LogP contribution is -2.13. The zero-order chi connectivity index (χ0) is 19.0. The Morgan fingerprint density at radius 1 is 1.22 bits per heavy atom. The van der Waals surface area contributed by atoms with Gasteiger partial charge in [0.2, 0.25) is 5.95 Å². The van der Waals surface area contributed by atoms with Crippen LogP contribution in [-0.4, -0.2) is 28.2 Å². The molecule has 136 valence electrons. The highest BCUT2D eigenvalue weighted by molar-refractivity contribution is 6.05. The van der Waals surface area contributed by atoms with E-state index in [1.54, 1.807) is 38.3 Å². The molecular formula is C19H15FN4O3. The molecule has 0 fully saturated rings. The minimum absolute atomic E-state index is 0.0942. The first-order chi connectivity index (χ1) is 13.0. The Labute approximate surface area is 153 Å². The molecule has 0 aliphatic rings. The zero-order valence-corrected chi connectivity index (χ0v) is 14.5. The lowest BCUT2D eigenvalue weighted by atomic mass is 10.1. The number of carbonyl (C=O) groups is 1. The Bertz CT molecular complexity index is 1130. The van der Waals surface area contributed by atoms with Crippen molar-refractivity contribution < 1.29 is 18.3 Å². The van der Waals surface area contributed by atoms with Gasteiger partial charge in [0.05, 0.1) is 7.11 Å². The number of furan rings is 1. The molecule has 1 amide bonds. The number of aromatic nitrogens is 3. The summed E-state index contributed by atoms with van der Waals surface area (Å²) in [4.78, 5) is 16.8. The van der Waals surface area contributed by atoms with E-state index in [0.29, 0.717) is 28.3 Å². The Morgan fingerprint density at radius 2 is 2.00 bits per heavy atom. The van der Waals surface area contributed by atoms with E-state index in [0.717, 1.165) is 5.39 Å². The first-order valence-corrected chi connectivity index (χ1v) is 8.12. The maximum atomic E-state index is 13.0. The number of carbonyl (C=O) groups excluding carboxylic acids is 1. The summed E-state index contributed by atoms with van der Waals surface area (Å²) in [5.41, 5.74) is 1.92. The van der Waals surface area contributed by atoms with Crippen LogP contribution in [0.2, 0.25) is 0 Å². The molecule has 0 radical (unpaired) electrons. The average molecular weight is 366 g/mol. The second kappa shape index (κ2) is 6.56. The molecule has 0 unspecified atom stereocenters. The molecule has 4 aromatic rings. The van der Waals surface area contributed by atoms with Gasteiger partial charge in [-0.05, 0) is 49.4 Å². The molecule has 0 bridgehead atoms. The van der Waals surface area contributed by atoms with E-state index in [2.05, 4.69) is 20.5 Å². The summed E-state index contributed by atoms with van der Waals surface area (Å²) in [7, 11) is 1.58. The second-order valence-electron chi connectivity index (χ2n) is 5.89. The van der Waals surface area contributed by atoms with Crippen molar-refractivity contribution in [1.82, 2.24) is 15.2 Å². The van der Waals surface area contributed by atoms with Crippen molar-refractivity contribution in [3.05, 3.63) is 59.6 Å². The predicted molar refractivity (Wildman–Crippen MR) is 97.2 cm³/mol. The second-order valence-corrected chi connectivity index (χ2v) is 5.89. The van der Waals surface area contributed by atoms with Gasteiger partial charge in [-0.25, -0.2) is 4.39 Å². The number of nitrogens with one attached hydrogen (secondary N) is 2. The third-order valence-corrected chi connectivity index (χ3v) is 4.18. The molecule has 27 heavy (non-hydrogen) atoms. The zero-order valence-electron chi connectivity index (χ0n) is 14.5. The molecule has 0 aliphatic heterocycles. The van der Waals surface area contributed by atoms with Crippen molar-refractivity contribution in [2.24, 2.45) is 0 Å². The Kier molecular flexibility index (Phi) is 4.08. The maximum Gasteiger partial charge on any atom is 0.294 e. The van der Waals surface area contributed by atoms with Crippen LogP contribution in [0.3, 0.4) is 0 Å². The number of fused-ring (bicyclic) bond motifs is 1. The number of ether oxygens (including phenoxy) is 1. The molecule has 0 aliphatic carbocycles. The van der Waals surface area contributed by atoms with E-state index in [-0.39, 0.29) is 17.5 Å². The van der Waals surface area contributed by atoms with E-state index < -0.39 is 5.91 Å². The normalized spacial score (nSPS) is 10.9. The number of nitrogens with zero attached hydrogens (tertiary/aromatic N) is 2. The van der Waals surface area contributed by atoms with Crippen LogP contribution in [0.1, 0.15) is 16.1 Å². The number of amides is 1. The number of anilines is 1. The quantitative estimate of drug-likeness (QED) is 0.571. The number of aryl methyl sites for hydroxylation is 1. The molecular weight excluding hydrogens is 351 g/mol. The van der Waals surface area contributed by atoms with Crippen molar-refractivity contribution >= 4 is 22.8 Å². The van der Waals surface area contributed by atoms with Gasteiger partial charge in [0.1, 0.15) is 17.1 Å². The number of hydrogen-bond donors (Lipinski definition) is 2. The molecule has 0 saturated heterocycles. The molecule has 8 heteroatoms. The first-order valence-electron chi connectivity index (χ1n) is 8.12. The standard InChI is InChI=1S/C19H15FN4O3/c1-10-14-9-13(26-2)7-8-15(14)27-16(10)18(25)22-19-21-17(23-24-19)11-3-5-12(20)6-4-11/h3-9H,1-2H3,(H2,21,22,23,24,25). The predicted octanol–water partition coefficient (Wildman–Crippen LogP) is 3.93. The Balaban J connectivity index is 1.58. The SMILES string of the molecule is COc1ccc2oc(C(=O)Nc3n[nH]c(-c4ccc(F)cc4)n3)c(C)c2c1. The van der Waals surface area contributed by atoms with Gasteiger partial charge in [0, 0.05) is 16.5 Å². The largest absolute Gasteiger partial charge is 0.497 e. The fourth-order valence-electron chi connectivity index (χ4n) is 2.76. The Hall–Kier alpha value is -3.68. The van der Waals surface area contributed by atoms with Crippen molar-refractivity contribution in [3.63, 3.8) is 0 Å². The molecule has 2 N–H and O–H groups in total. The van der Waals surface area contributed by atoms with Gasteiger partial charge >= 0.3 is 0 Å². The molecule has 7 nitrogen and oxygen atoms in total. The van der Waals surface area contributed by atoms with Crippen LogP contribution >= 0.6 is 0 Å². The number of halogens is 1. The van der Waals surface area contributed by atoms with Gasteiger partial charge in [-0.3, -0.25) is 15.2 Å². The Morgan fingerprint density at radius 3 is 2.74 bits per heavy atom. The maximum absolute atomic E-state index is 13.0. The minimum Gasteiger partial charge on any atom is -0.497 e. The van der Waals surface area contributed by atoms with Crippen LogP contribution in [0.15, 0.2) is 46.9 Å². The first kappa shape index (κ1) is 16.8. The van der Waals surface area contributed by atoms with Crippen LogP contribution in [0, 0.1) is 12.7 Å². The van der Waals surface area contributed by atoms with E-state index >= 15 is 0 Å². The summed E-state index contributed by atoms with van der Waals surface area (Å²) >= 11 is 0. The topological polar surface area (TPSA) is 93.0 Å². The summed E-state index contributed by atoms with van der Waals surface area (Å²) in [6.07, 6.45) is 0. The molecule has 2 heterocycles. The number of H-pyrrole nitrogens is 1. The van der Waals surface area contributed by atoms with Gasteiger partial charge in [-0.15, -0.1) is 5.10 Å². The molecule has 4 rings (SSSR count). The highest BCUT2D eigenvalue weighted by Crippen LogP contribution is 2.29. The summed E-state index contributed by atoms with van der Waals surface area (Å²) in [5, 5.41) is 10.1. The van der Waals surface area contributed by atoms with Crippen LogP contribution in [-0.2, 0) is 0 Å². The fraction of sp³-hybridized carbons (Fsp3) is 0.105. The fourth-order valence-corrected chi connectivity index (χ4v) is 2.76. The molecule has 0 spiro atoms. The van der Waals surface area contributed by atoms with Gasteiger partial charge in [0.25, 0.3) is 5.91 Å². The molecule has 2 aromatic heterocycles. The lowest BCUT2D eigenvalue weighted by molar-refractivity contribution is 0.0997. The van der Waals surface area contributed by atoms with Crippen molar-refractivity contribution in [2.45, 2.75) is 6.92 Å². The molecule has 2 aromatic carbocycles. The summed E-state index contributed by atoms with van der Waals surface area (Å²) in [6, 6.07) is 11.1. The average Bonchev–Trinajstić information content (AvgIpc) is 3.27. The summed E-state index contributed by atoms with van der Waals surface area (Å²) in [6.45, 7) is 1.79. The third kappa shape index (κ3) is 3.12. The monoisotopic (exact) mass is 366 g/mol. The summed E-state index contributed by atoms with van der Waals surface area (Å²) in [5.74, 6) is 0.548. The third-order valence-electron chi connectivity index (χ3n) is 4.18. The van der Waals surface area contributed by atoms with Gasteiger partial charge < -0.3 is 9.15 Å². The number of methoxy groups -OCH3 is 1. The van der Waals surface area contributed by atoms with Gasteiger partial charge in [-0.2, -0.15) is 4.98 Å². The van der Waals surface area contributed by atoms with Crippen LogP contribution < -0.4 is 10.1 Å². The number of benzene rings is 2. The van der Waals surface area contributed by atoms with Crippen molar-refractivity contribution in [1.29, 1.82) is 0 Å². The van der Waals surface area contributed by atoms with Crippen LogP contribution in [0.4, 0.5) is 10.3 Å². The van der Waals surface area contributed by atoms with Crippen LogP contribution in [0.25, 0.3) is 22.4 Å². The molecule has 0 saturated carbocycles. The molecule has 0 atom stereocenters. The van der Waals surface area contributed by atoms with E-state index in [4.69, 9.17) is 9.15 Å². The number of aromatic amines is 1. The van der Waals surface area contributed by atoms with Crippen molar-refractivity contribution in [2.75, 3.05) is 12.4 Å². The highest BCUT2D eigenvalue weighted by Gasteiger charge is 2.20. The lowest BCUT2D eigenvalue weighted by Gasteiger charge is -1.99. The van der Waals surface area contributed by atoms with Crippen molar-refractivity contribution in [3.8, 4) is 17.1 Å². The van der Waals surface area contributed by atoms with E-state index in [1.165, 1.54) is 12.1 Å². The minimum atomic E-state index is -0.465. The number of rotatable bonds is 4. The van der Waals surface area contributed by atoms with Gasteiger partial charge in [0.15, 0.2) is 11.6 Å². The smallest absolute Gasteiger partial charge is 0.294 e. The van der Waals surface area contributed by atoms with E-state index in [1.807, 2.05) is 6.07 Å². The van der Waals surface area contributed by atoms with E-state index in [9.17, 15) is 9.18 Å². The number of hydrogen-bond acceptors (Lipinski definition) is 5. The summed E-state index contributed by atoms with van der Waals surface area (Å²) < 4.78 is 23.9.